The SMILES string of the molecule is CCOc1ccc(N2C(=O)c3ccc(C(=O)OCC(=O)N4CCC(C)CC4)cc3C2=O)cc1. The second-order valence-electron chi connectivity index (χ2n) is 8.27. The summed E-state index contributed by atoms with van der Waals surface area (Å²) >= 11 is 0. The number of fused-ring (bicyclic) bond motifs is 1. The number of ether oxygens (including phenoxy) is 2. The first kappa shape index (κ1) is 22.5. The molecule has 172 valence electrons. The minimum Gasteiger partial charge on any atom is -0.494 e. The predicted molar refractivity (Wildman–Crippen MR) is 120 cm³/mol. The van der Waals surface area contributed by atoms with Crippen molar-refractivity contribution in [2.45, 2.75) is 26.7 Å². The molecule has 0 saturated carbocycles. The number of carbonyl (C=O) groups excluding carboxylic acids is 4. The maximum atomic E-state index is 13.0. The van der Waals surface area contributed by atoms with Crippen LogP contribution in [0.25, 0.3) is 0 Å². The molecule has 2 aliphatic rings. The minimum atomic E-state index is -0.712. The Bertz CT molecular complexity index is 1090. The van der Waals surface area contributed by atoms with Crippen molar-refractivity contribution >= 4 is 29.4 Å². The van der Waals surface area contributed by atoms with Crippen LogP contribution in [-0.4, -0.2) is 54.9 Å². The third kappa shape index (κ3) is 4.60. The Balaban J connectivity index is 1.43. The van der Waals surface area contributed by atoms with Crippen molar-refractivity contribution < 1.29 is 28.7 Å². The normalized spacial score (nSPS) is 16.1. The molecular weight excluding hydrogens is 424 g/mol. The number of piperidine rings is 1. The van der Waals surface area contributed by atoms with Crippen LogP contribution in [0.5, 0.6) is 5.75 Å². The second kappa shape index (κ2) is 9.44. The van der Waals surface area contributed by atoms with E-state index in [1.54, 1.807) is 29.2 Å². The van der Waals surface area contributed by atoms with Crippen molar-refractivity contribution in [3.8, 4) is 5.75 Å². The van der Waals surface area contributed by atoms with E-state index in [2.05, 4.69) is 6.92 Å². The molecule has 33 heavy (non-hydrogen) atoms. The summed E-state index contributed by atoms with van der Waals surface area (Å²) in [7, 11) is 0. The molecule has 1 saturated heterocycles. The Morgan fingerprint density at radius 3 is 2.30 bits per heavy atom. The lowest BCUT2D eigenvalue weighted by atomic mass is 9.99. The van der Waals surface area contributed by atoms with Gasteiger partial charge in [-0.2, -0.15) is 0 Å². The first-order valence-corrected chi connectivity index (χ1v) is 11.1. The lowest BCUT2D eigenvalue weighted by molar-refractivity contribution is -0.135. The summed E-state index contributed by atoms with van der Waals surface area (Å²) in [4.78, 5) is 53.4. The molecule has 0 spiro atoms. The molecule has 1 fully saturated rings. The van der Waals surface area contributed by atoms with Crippen molar-refractivity contribution in [3.05, 3.63) is 59.2 Å². The predicted octanol–water partition coefficient (Wildman–Crippen LogP) is 3.30. The molecular formula is C25H26N2O6. The fourth-order valence-corrected chi connectivity index (χ4v) is 4.02. The van der Waals surface area contributed by atoms with Gasteiger partial charge in [0.1, 0.15) is 5.75 Å². The Labute approximate surface area is 192 Å². The van der Waals surface area contributed by atoms with E-state index in [0.717, 1.165) is 17.7 Å². The summed E-state index contributed by atoms with van der Waals surface area (Å²) in [5.41, 5.74) is 0.863. The van der Waals surface area contributed by atoms with E-state index in [1.165, 1.54) is 18.2 Å². The average molecular weight is 450 g/mol. The van der Waals surface area contributed by atoms with Crippen molar-refractivity contribution in [3.63, 3.8) is 0 Å². The number of likely N-dealkylation sites (tertiary alicyclic amines) is 1. The number of amides is 3. The van der Waals surface area contributed by atoms with E-state index < -0.39 is 17.8 Å². The van der Waals surface area contributed by atoms with Gasteiger partial charge < -0.3 is 14.4 Å². The maximum Gasteiger partial charge on any atom is 0.338 e. The zero-order valence-corrected chi connectivity index (χ0v) is 18.7. The molecule has 0 aromatic heterocycles. The van der Waals surface area contributed by atoms with Gasteiger partial charge in [0.15, 0.2) is 6.61 Å². The van der Waals surface area contributed by atoms with Crippen LogP contribution in [0.15, 0.2) is 42.5 Å². The Kier molecular flexibility index (Phi) is 6.44. The summed E-state index contributed by atoms with van der Waals surface area (Å²) in [6, 6.07) is 10.9. The van der Waals surface area contributed by atoms with E-state index in [4.69, 9.17) is 9.47 Å². The minimum absolute atomic E-state index is 0.114. The van der Waals surface area contributed by atoms with Gasteiger partial charge in [0.2, 0.25) is 0 Å². The van der Waals surface area contributed by atoms with Crippen LogP contribution >= 0.6 is 0 Å². The highest BCUT2D eigenvalue weighted by atomic mass is 16.5. The smallest absolute Gasteiger partial charge is 0.338 e. The van der Waals surface area contributed by atoms with Crippen LogP contribution in [0.4, 0.5) is 5.69 Å². The van der Waals surface area contributed by atoms with E-state index in [1.807, 2.05) is 6.92 Å². The molecule has 0 unspecified atom stereocenters. The Morgan fingerprint density at radius 2 is 1.64 bits per heavy atom. The standard InChI is InChI=1S/C25H26N2O6/c1-3-32-19-7-5-18(6-8-19)27-23(29)20-9-4-17(14-21(20)24(27)30)25(31)33-15-22(28)26-12-10-16(2)11-13-26/h4-9,14,16H,3,10-13,15H2,1-2H3. The van der Waals surface area contributed by atoms with E-state index in [0.29, 0.717) is 37.1 Å². The van der Waals surface area contributed by atoms with Gasteiger partial charge in [0.25, 0.3) is 17.7 Å². The number of hydrogen-bond acceptors (Lipinski definition) is 6. The third-order valence-electron chi connectivity index (χ3n) is 5.99. The molecule has 2 aliphatic heterocycles. The van der Waals surface area contributed by atoms with Crippen molar-refractivity contribution in [1.29, 1.82) is 0 Å². The molecule has 0 radical (unpaired) electrons. The molecule has 3 amide bonds. The number of hydrogen-bond donors (Lipinski definition) is 0. The fraction of sp³-hybridized carbons (Fsp3) is 0.360. The van der Waals surface area contributed by atoms with Crippen LogP contribution in [0.2, 0.25) is 0 Å². The van der Waals surface area contributed by atoms with Crippen molar-refractivity contribution in [2.75, 3.05) is 31.2 Å². The van der Waals surface area contributed by atoms with Gasteiger partial charge in [-0.25, -0.2) is 9.69 Å². The molecule has 8 heteroatoms. The van der Waals surface area contributed by atoms with Gasteiger partial charge in [-0.05, 0) is 68.1 Å². The number of benzene rings is 2. The second-order valence-corrected chi connectivity index (χ2v) is 8.27. The van der Waals surface area contributed by atoms with Gasteiger partial charge in [-0.1, -0.05) is 6.92 Å². The first-order chi connectivity index (χ1) is 15.9. The molecule has 0 bridgehead atoms. The number of anilines is 1. The quantitative estimate of drug-likeness (QED) is 0.495. The largest absolute Gasteiger partial charge is 0.494 e. The molecule has 4 rings (SSSR count). The molecule has 0 aliphatic carbocycles. The van der Waals surface area contributed by atoms with Gasteiger partial charge in [0, 0.05) is 13.1 Å². The highest BCUT2D eigenvalue weighted by Gasteiger charge is 2.37. The first-order valence-electron chi connectivity index (χ1n) is 11.1. The monoisotopic (exact) mass is 450 g/mol. The summed E-state index contributed by atoms with van der Waals surface area (Å²) in [5.74, 6) is -0.705. The summed E-state index contributed by atoms with van der Waals surface area (Å²) in [6.07, 6.45) is 1.87. The van der Waals surface area contributed by atoms with Gasteiger partial charge in [0.05, 0.1) is 29.0 Å². The fourth-order valence-electron chi connectivity index (χ4n) is 4.02. The number of nitrogens with zero attached hydrogens (tertiary/aromatic N) is 2. The van der Waals surface area contributed by atoms with Crippen LogP contribution < -0.4 is 9.64 Å². The molecule has 0 N–H and O–H groups in total. The zero-order valence-electron chi connectivity index (χ0n) is 18.7. The third-order valence-corrected chi connectivity index (χ3v) is 5.99. The topological polar surface area (TPSA) is 93.2 Å². The van der Waals surface area contributed by atoms with Crippen LogP contribution in [0.3, 0.4) is 0 Å². The van der Waals surface area contributed by atoms with Gasteiger partial charge in [-0.3, -0.25) is 14.4 Å². The maximum absolute atomic E-state index is 13.0. The summed E-state index contributed by atoms with van der Waals surface area (Å²) < 4.78 is 10.6. The number of imide groups is 1. The highest BCUT2D eigenvalue weighted by Crippen LogP contribution is 2.30. The van der Waals surface area contributed by atoms with Gasteiger partial charge >= 0.3 is 5.97 Å². The highest BCUT2D eigenvalue weighted by molar-refractivity contribution is 6.34. The molecule has 2 heterocycles. The van der Waals surface area contributed by atoms with Crippen LogP contribution in [0, 0.1) is 5.92 Å². The number of carbonyl (C=O) groups is 4. The molecule has 2 aromatic rings. The number of rotatable bonds is 6. The summed E-state index contributed by atoms with van der Waals surface area (Å²) in [5, 5.41) is 0. The van der Waals surface area contributed by atoms with Crippen LogP contribution in [0.1, 0.15) is 57.8 Å². The van der Waals surface area contributed by atoms with E-state index in [-0.39, 0.29) is 29.2 Å². The Hall–Kier alpha value is -3.68. The zero-order chi connectivity index (χ0) is 23.5. The van der Waals surface area contributed by atoms with Gasteiger partial charge in [-0.15, -0.1) is 0 Å². The number of esters is 1. The Morgan fingerprint density at radius 1 is 0.970 bits per heavy atom. The lowest BCUT2D eigenvalue weighted by Crippen LogP contribution is -2.40. The molecule has 2 aromatic carbocycles. The molecule has 0 atom stereocenters. The van der Waals surface area contributed by atoms with E-state index in [9.17, 15) is 19.2 Å². The van der Waals surface area contributed by atoms with Crippen molar-refractivity contribution in [1.82, 2.24) is 4.90 Å². The molecule has 8 nitrogen and oxygen atoms in total. The average Bonchev–Trinajstić information content (AvgIpc) is 3.08. The van der Waals surface area contributed by atoms with Crippen molar-refractivity contribution in [2.24, 2.45) is 5.92 Å². The summed E-state index contributed by atoms with van der Waals surface area (Å²) in [6.45, 7) is 5.50. The van der Waals surface area contributed by atoms with E-state index >= 15 is 0 Å². The lowest BCUT2D eigenvalue weighted by Gasteiger charge is -2.30. The van der Waals surface area contributed by atoms with Crippen LogP contribution in [-0.2, 0) is 9.53 Å².